The molecule has 0 aromatic carbocycles. The summed E-state index contributed by atoms with van der Waals surface area (Å²) in [6.07, 6.45) is 2.02. The molecule has 1 heterocycles. The summed E-state index contributed by atoms with van der Waals surface area (Å²) in [4.78, 5) is 0. The van der Waals surface area contributed by atoms with Crippen LogP contribution in [0.15, 0.2) is 0 Å². The van der Waals surface area contributed by atoms with Crippen molar-refractivity contribution in [1.29, 1.82) is 0 Å². The second kappa shape index (κ2) is 9.14. The third-order valence-corrected chi connectivity index (χ3v) is 3.37. The van der Waals surface area contributed by atoms with Crippen molar-refractivity contribution in [2.75, 3.05) is 19.8 Å². The van der Waals surface area contributed by atoms with Crippen molar-refractivity contribution >= 4 is 0 Å². The molecule has 0 spiro atoms. The Balaban J connectivity index is 2.71. The standard InChI is InChI=1S/C16H31N3O/c1-6-15-14(11-17-8-3)16(7-2)19(18-15)9-10-20-12-13(4)5/h13,17H,6-12H2,1-5H3. The molecule has 1 rings (SSSR count). The Hall–Kier alpha value is -0.870. The van der Waals surface area contributed by atoms with E-state index in [9.17, 15) is 0 Å². The van der Waals surface area contributed by atoms with E-state index in [4.69, 9.17) is 9.84 Å². The van der Waals surface area contributed by atoms with Gasteiger partial charge < -0.3 is 10.1 Å². The molecule has 0 radical (unpaired) electrons. The van der Waals surface area contributed by atoms with E-state index in [1.165, 1.54) is 17.0 Å². The molecule has 0 saturated carbocycles. The molecule has 20 heavy (non-hydrogen) atoms. The summed E-state index contributed by atoms with van der Waals surface area (Å²) in [5, 5.41) is 8.19. The molecule has 1 aromatic heterocycles. The molecule has 4 nitrogen and oxygen atoms in total. The fourth-order valence-electron chi connectivity index (χ4n) is 2.38. The molecule has 116 valence electrons. The lowest BCUT2D eigenvalue weighted by Gasteiger charge is -2.10. The minimum atomic E-state index is 0.591. The quantitative estimate of drug-likeness (QED) is 0.670. The highest BCUT2D eigenvalue weighted by Gasteiger charge is 2.14. The van der Waals surface area contributed by atoms with Gasteiger partial charge in [-0.3, -0.25) is 4.68 Å². The lowest BCUT2D eigenvalue weighted by Crippen LogP contribution is -2.15. The van der Waals surface area contributed by atoms with Crippen LogP contribution in [0.1, 0.15) is 51.6 Å². The lowest BCUT2D eigenvalue weighted by atomic mass is 10.1. The van der Waals surface area contributed by atoms with E-state index in [0.717, 1.165) is 45.7 Å². The zero-order valence-electron chi connectivity index (χ0n) is 13.8. The van der Waals surface area contributed by atoms with Crippen LogP contribution in [0.2, 0.25) is 0 Å². The number of nitrogens with one attached hydrogen (secondary N) is 1. The molecule has 4 heteroatoms. The average Bonchev–Trinajstić information content (AvgIpc) is 2.77. The SMILES string of the molecule is CCNCc1c(CC)nn(CCOCC(C)C)c1CC. The van der Waals surface area contributed by atoms with Gasteiger partial charge in [-0.2, -0.15) is 5.10 Å². The highest BCUT2D eigenvalue weighted by atomic mass is 16.5. The second-order valence-corrected chi connectivity index (χ2v) is 5.55. The molecular weight excluding hydrogens is 250 g/mol. The Labute approximate surface area is 123 Å². The van der Waals surface area contributed by atoms with E-state index >= 15 is 0 Å². The third kappa shape index (κ3) is 4.91. The molecular formula is C16H31N3O. The van der Waals surface area contributed by atoms with Crippen LogP contribution in [-0.4, -0.2) is 29.5 Å². The molecule has 0 saturated heterocycles. The highest BCUT2D eigenvalue weighted by Crippen LogP contribution is 2.16. The van der Waals surface area contributed by atoms with Crippen molar-refractivity contribution in [3.8, 4) is 0 Å². The summed E-state index contributed by atoms with van der Waals surface area (Å²) in [6, 6.07) is 0. The summed E-state index contributed by atoms with van der Waals surface area (Å²) in [7, 11) is 0. The molecule has 0 aliphatic rings. The van der Waals surface area contributed by atoms with Gasteiger partial charge >= 0.3 is 0 Å². The maximum atomic E-state index is 5.69. The van der Waals surface area contributed by atoms with Crippen LogP contribution in [0.3, 0.4) is 0 Å². The number of aryl methyl sites for hydroxylation is 1. The predicted molar refractivity (Wildman–Crippen MR) is 84.0 cm³/mol. The van der Waals surface area contributed by atoms with Gasteiger partial charge in [-0.15, -0.1) is 0 Å². The van der Waals surface area contributed by atoms with E-state index in [1.54, 1.807) is 0 Å². The van der Waals surface area contributed by atoms with Gasteiger partial charge in [0.1, 0.15) is 0 Å². The van der Waals surface area contributed by atoms with Crippen LogP contribution in [0.5, 0.6) is 0 Å². The van der Waals surface area contributed by atoms with Crippen molar-refractivity contribution in [2.24, 2.45) is 5.92 Å². The smallest absolute Gasteiger partial charge is 0.0669 e. The molecule has 0 fully saturated rings. The van der Waals surface area contributed by atoms with Crippen molar-refractivity contribution in [2.45, 2.75) is 60.5 Å². The molecule has 0 amide bonds. The average molecular weight is 281 g/mol. The first-order valence-electron chi connectivity index (χ1n) is 7.99. The minimum absolute atomic E-state index is 0.591. The first-order valence-corrected chi connectivity index (χ1v) is 7.99. The zero-order valence-corrected chi connectivity index (χ0v) is 13.8. The van der Waals surface area contributed by atoms with Crippen LogP contribution in [0.25, 0.3) is 0 Å². The minimum Gasteiger partial charge on any atom is -0.379 e. The zero-order chi connectivity index (χ0) is 15.0. The Morgan fingerprint density at radius 3 is 2.50 bits per heavy atom. The first-order chi connectivity index (χ1) is 9.63. The number of ether oxygens (including phenoxy) is 1. The van der Waals surface area contributed by atoms with Crippen molar-refractivity contribution in [3.63, 3.8) is 0 Å². The number of aromatic nitrogens is 2. The number of hydrogen-bond acceptors (Lipinski definition) is 3. The third-order valence-electron chi connectivity index (χ3n) is 3.37. The topological polar surface area (TPSA) is 39.1 Å². The maximum absolute atomic E-state index is 5.69. The summed E-state index contributed by atoms with van der Waals surface area (Å²) in [5.41, 5.74) is 3.98. The van der Waals surface area contributed by atoms with E-state index in [1.807, 2.05) is 0 Å². The van der Waals surface area contributed by atoms with Crippen LogP contribution >= 0.6 is 0 Å². The van der Waals surface area contributed by atoms with Gasteiger partial charge in [0.05, 0.1) is 18.8 Å². The van der Waals surface area contributed by atoms with Crippen LogP contribution in [-0.2, 0) is 30.7 Å². The Kier molecular flexibility index (Phi) is 7.85. The fourth-order valence-corrected chi connectivity index (χ4v) is 2.38. The first kappa shape index (κ1) is 17.2. The molecule has 0 bridgehead atoms. The summed E-state index contributed by atoms with van der Waals surface area (Å²) >= 11 is 0. The molecule has 1 aromatic rings. The van der Waals surface area contributed by atoms with Crippen LogP contribution in [0, 0.1) is 5.92 Å². The van der Waals surface area contributed by atoms with Gasteiger partial charge in [0.15, 0.2) is 0 Å². The van der Waals surface area contributed by atoms with E-state index in [-0.39, 0.29) is 0 Å². The number of nitrogens with zero attached hydrogens (tertiary/aromatic N) is 2. The number of hydrogen-bond donors (Lipinski definition) is 1. The van der Waals surface area contributed by atoms with Crippen molar-refractivity contribution in [1.82, 2.24) is 15.1 Å². The van der Waals surface area contributed by atoms with Gasteiger partial charge in [-0.1, -0.05) is 34.6 Å². The van der Waals surface area contributed by atoms with E-state index in [0.29, 0.717) is 5.92 Å². The van der Waals surface area contributed by atoms with Crippen LogP contribution < -0.4 is 5.32 Å². The highest BCUT2D eigenvalue weighted by molar-refractivity contribution is 5.26. The molecule has 0 unspecified atom stereocenters. The van der Waals surface area contributed by atoms with Gasteiger partial charge in [0, 0.05) is 24.4 Å². The second-order valence-electron chi connectivity index (χ2n) is 5.55. The molecule has 0 atom stereocenters. The summed E-state index contributed by atoms with van der Waals surface area (Å²) in [5.74, 6) is 0.591. The van der Waals surface area contributed by atoms with Gasteiger partial charge in [0.25, 0.3) is 0 Å². The summed E-state index contributed by atoms with van der Waals surface area (Å²) < 4.78 is 7.83. The van der Waals surface area contributed by atoms with Gasteiger partial charge in [-0.25, -0.2) is 0 Å². The maximum Gasteiger partial charge on any atom is 0.0669 e. The monoisotopic (exact) mass is 281 g/mol. The van der Waals surface area contributed by atoms with Gasteiger partial charge in [-0.05, 0) is 25.3 Å². The van der Waals surface area contributed by atoms with E-state index < -0.39 is 0 Å². The molecule has 0 aliphatic heterocycles. The van der Waals surface area contributed by atoms with Crippen molar-refractivity contribution in [3.05, 3.63) is 17.0 Å². The lowest BCUT2D eigenvalue weighted by molar-refractivity contribution is 0.100. The predicted octanol–water partition coefficient (Wildman–Crippen LogP) is 2.79. The molecule has 1 N–H and O–H groups in total. The Bertz CT molecular complexity index is 385. The Morgan fingerprint density at radius 2 is 1.95 bits per heavy atom. The summed E-state index contributed by atoms with van der Waals surface area (Å²) in [6.45, 7) is 15.2. The van der Waals surface area contributed by atoms with E-state index in [2.05, 4.69) is 44.6 Å². The molecule has 0 aliphatic carbocycles. The Morgan fingerprint density at radius 1 is 1.20 bits per heavy atom. The number of rotatable bonds is 10. The van der Waals surface area contributed by atoms with Crippen LogP contribution in [0.4, 0.5) is 0 Å². The van der Waals surface area contributed by atoms with Gasteiger partial charge in [0.2, 0.25) is 0 Å². The largest absolute Gasteiger partial charge is 0.379 e. The normalized spacial score (nSPS) is 11.5. The fraction of sp³-hybridized carbons (Fsp3) is 0.812. The van der Waals surface area contributed by atoms with Crippen molar-refractivity contribution < 1.29 is 4.74 Å².